The minimum absolute atomic E-state index is 0.625. The van der Waals surface area contributed by atoms with Gasteiger partial charge in [-0.15, -0.1) is 0 Å². The van der Waals surface area contributed by atoms with Gasteiger partial charge in [0.15, 0.2) is 0 Å². The molecule has 0 aromatic carbocycles. The molecule has 1 saturated heterocycles. The molecule has 1 N–H and O–H groups in total. The number of aryl methyl sites for hydroxylation is 1. The van der Waals surface area contributed by atoms with Crippen LogP contribution in [0.25, 0.3) is 0 Å². The molecule has 1 aromatic heterocycles. The van der Waals surface area contributed by atoms with Crippen LogP contribution >= 0.6 is 0 Å². The van der Waals surface area contributed by atoms with E-state index in [1.165, 1.54) is 56.3 Å². The van der Waals surface area contributed by atoms with Crippen molar-refractivity contribution >= 4 is 0 Å². The Labute approximate surface area is 96.6 Å². The predicted octanol–water partition coefficient (Wildman–Crippen LogP) is 2.24. The summed E-state index contributed by atoms with van der Waals surface area (Å²) >= 11 is 0. The zero-order chi connectivity index (χ0) is 10.8. The number of aromatic nitrogens is 1. The summed E-state index contributed by atoms with van der Waals surface area (Å²) < 4.78 is 5.55. The van der Waals surface area contributed by atoms with E-state index in [0.29, 0.717) is 6.04 Å². The topological polar surface area (TPSA) is 38.1 Å². The standard InChI is InChI=1S/C13H20N2O/c1-2-6-11-12(7-3-1)15-16-13(11)9-10-5-4-8-14-10/h10,14H,1-9H2. The molecule has 0 spiro atoms. The number of hydrogen-bond donors (Lipinski definition) is 1. The molecule has 3 heteroatoms. The molecule has 1 atom stereocenters. The molecular formula is C13H20N2O. The van der Waals surface area contributed by atoms with Gasteiger partial charge in [0.1, 0.15) is 5.76 Å². The molecule has 0 bridgehead atoms. The number of nitrogens with zero attached hydrogens (tertiary/aromatic N) is 1. The Hall–Kier alpha value is -0.830. The SMILES string of the molecule is C1CCc2noc(CC3CCCN3)c2CC1. The summed E-state index contributed by atoms with van der Waals surface area (Å²) in [5, 5.41) is 7.79. The molecule has 0 amide bonds. The molecule has 2 aliphatic rings. The van der Waals surface area contributed by atoms with Crippen LogP contribution in [0.1, 0.15) is 49.1 Å². The summed E-state index contributed by atoms with van der Waals surface area (Å²) in [5.74, 6) is 1.16. The number of hydrogen-bond acceptors (Lipinski definition) is 3. The molecule has 1 fully saturated rings. The molecule has 16 heavy (non-hydrogen) atoms. The van der Waals surface area contributed by atoms with Crippen LogP contribution in [-0.2, 0) is 19.3 Å². The second kappa shape index (κ2) is 4.58. The van der Waals surface area contributed by atoms with Crippen molar-refractivity contribution < 1.29 is 4.52 Å². The maximum atomic E-state index is 5.55. The fourth-order valence-corrected chi connectivity index (χ4v) is 2.95. The highest BCUT2D eigenvalue weighted by molar-refractivity contribution is 5.25. The van der Waals surface area contributed by atoms with Crippen LogP contribution < -0.4 is 5.32 Å². The summed E-state index contributed by atoms with van der Waals surface area (Å²) in [6, 6.07) is 0.625. The molecule has 1 aromatic rings. The van der Waals surface area contributed by atoms with E-state index in [1.54, 1.807) is 0 Å². The van der Waals surface area contributed by atoms with Gasteiger partial charge in [0.05, 0.1) is 5.69 Å². The van der Waals surface area contributed by atoms with Crippen molar-refractivity contribution in [2.45, 2.75) is 57.4 Å². The zero-order valence-electron chi connectivity index (χ0n) is 9.80. The number of fused-ring (bicyclic) bond motifs is 1. The van der Waals surface area contributed by atoms with Gasteiger partial charge in [-0.1, -0.05) is 11.6 Å². The molecule has 3 rings (SSSR count). The van der Waals surface area contributed by atoms with Crippen molar-refractivity contribution in [3.05, 3.63) is 17.0 Å². The third kappa shape index (κ3) is 2.01. The van der Waals surface area contributed by atoms with E-state index in [1.807, 2.05) is 0 Å². The summed E-state index contributed by atoms with van der Waals surface area (Å²) in [7, 11) is 0. The van der Waals surface area contributed by atoms with Gasteiger partial charge in [0.2, 0.25) is 0 Å². The summed E-state index contributed by atoms with van der Waals surface area (Å²) in [6.45, 7) is 1.17. The predicted molar refractivity (Wildman–Crippen MR) is 62.5 cm³/mol. The maximum Gasteiger partial charge on any atom is 0.141 e. The zero-order valence-corrected chi connectivity index (χ0v) is 9.80. The van der Waals surface area contributed by atoms with Crippen LogP contribution in [0.2, 0.25) is 0 Å². The summed E-state index contributed by atoms with van der Waals surface area (Å²) in [4.78, 5) is 0. The largest absolute Gasteiger partial charge is 0.361 e. The van der Waals surface area contributed by atoms with Gasteiger partial charge in [-0.3, -0.25) is 0 Å². The second-order valence-corrected chi connectivity index (χ2v) is 5.09. The molecule has 1 unspecified atom stereocenters. The Bertz CT molecular complexity index is 353. The van der Waals surface area contributed by atoms with Gasteiger partial charge in [-0.25, -0.2) is 0 Å². The summed E-state index contributed by atoms with van der Waals surface area (Å²) in [5.41, 5.74) is 2.68. The molecule has 0 saturated carbocycles. The normalized spacial score (nSPS) is 25.4. The van der Waals surface area contributed by atoms with Crippen LogP contribution in [0, 0.1) is 0 Å². The van der Waals surface area contributed by atoms with E-state index in [4.69, 9.17) is 4.52 Å². The van der Waals surface area contributed by atoms with Crippen LogP contribution in [0.4, 0.5) is 0 Å². The van der Waals surface area contributed by atoms with Crippen molar-refractivity contribution in [1.82, 2.24) is 10.5 Å². The minimum atomic E-state index is 0.625. The lowest BCUT2D eigenvalue weighted by Gasteiger charge is -2.08. The third-order valence-corrected chi connectivity index (χ3v) is 3.89. The smallest absolute Gasteiger partial charge is 0.141 e. The van der Waals surface area contributed by atoms with E-state index in [2.05, 4.69) is 10.5 Å². The monoisotopic (exact) mass is 220 g/mol. The maximum absolute atomic E-state index is 5.55. The molecule has 1 aliphatic heterocycles. The fraction of sp³-hybridized carbons (Fsp3) is 0.769. The Morgan fingerprint density at radius 2 is 2.12 bits per heavy atom. The Morgan fingerprint density at radius 3 is 3.00 bits per heavy atom. The fourth-order valence-electron chi connectivity index (χ4n) is 2.95. The average Bonchev–Trinajstić information content (AvgIpc) is 2.86. The van der Waals surface area contributed by atoms with Crippen LogP contribution in [0.5, 0.6) is 0 Å². The lowest BCUT2D eigenvalue weighted by molar-refractivity contribution is 0.361. The van der Waals surface area contributed by atoms with Gasteiger partial charge in [0.25, 0.3) is 0 Å². The first-order chi connectivity index (χ1) is 7.93. The van der Waals surface area contributed by atoms with E-state index in [-0.39, 0.29) is 0 Å². The highest BCUT2D eigenvalue weighted by Crippen LogP contribution is 2.25. The molecule has 2 heterocycles. The van der Waals surface area contributed by atoms with Crippen LogP contribution in [0.3, 0.4) is 0 Å². The van der Waals surface area contributed by atoms with Gasteiger partial charge in [-0.2, -0.15) is 0 Å². The molecule has 1 aliphatic carbocycles. The Morgan fingerprint density at radius 1 is 1.19 bits per heavy atom. The molecule has 3 nitrogen and oxygen atoms in total. The minimum Gasteiger partial charge on any atom is -0.361 e. The molecular weight excluding hydrogens is 200 g/mol. The Kier molecular flexibility index (Phi) is 2.96. The molecule has 88 valence electrons. The van der Waals surface area contributed by atoms with E-state index in [9.17, 15) is 0 Å². The first-order valence-electron chi connectivity index (χ1n) is 6.63. The van der Waals surface area contributed by atoms with E-state index < -0.39 is 0 Å². The first kappa shape index (κ1) is 10.3. The van der Waals surface area contributed by atoms with Crippen molar-refractivity contribution in [2.24, 2.45) is 0 Å². The van der Waals surface area contributed by atoms with Crippen molar-refractivity contribution in [3.8, 4) is 0 Å². The first-order valence-corrected chi connectivity index (χ1v) is 6.63. The van der Waals surface area contributed by atoms with Gasteiger partial charge in [0, 0.05) is 18.0 Å². The summed E-state index contributed by atoms with van der Waals surface area (Å²) in [6.07, 6.45) is 9.87. The average molecular weight is 220 g/mol. The Balaban J connectivity index is 1.76. The second-order valence-electron chi connectivity index (χ2n) is 5.09. The highest BCUT2D eigenvalue weighted by Gasteiger charge is 2.22. The van der Waals surface area contributed by atoms with Gasteiger partial charge in [-0.05, 0) is 45.1 Å². The third-order valence-electron chi connectivity index (χ3n) is 3.89. The number of nitrogens with one attached hydrogen (secondary N) is 1. The molecule has 0 radical (unpaired) electrons. The van der Waals surface area contributed by atoms with E-state index in [0.717, 1.165) is 18.6 Å². The lowest BCUT2D eigenvalue weighted by atomic mass is 10.0. The van der Waals surface area contributed by atoms with Crippen molar-refractivity contribution in [3.63, 3.8) is 0 Å². The number of rotatable bonds is 2. The van der Waals surface area contributed by atoms with Crippen molar-refractivity contribution in [1.29, 1.82) is 0 Å². The van der Waals surface area contributed by atoms with Crippen LogP contribution in [-0.4, -0.2) is 17.7 Å². The highest BCUT2D eigenvalue weighted by atomic mass is 16.5. The van der Waals surface area contributed by atoms with Crippen LogP contribution in [0.15, 0.2) is 4.52 Å². The van der Waals surface area contributed by atoms with Gasteiger partial charge < -0.3 is 9.84 Å². The van der Waals surface area contributed by atoms with E-state index >= 15 is 0 Å². The quantitative estimate of drug-likeness (QED) is 0.777. The lowest BCUT2D eigenvalue weighted by Crippen LogP contribution is -2.23. The van der Waals surface area contributed by atoms with Crippen molar-refractivity contribution in [2.75, 3.05) is 6.54 Å². The van der Waals surface area contributed by atoms with Gasteiger partial charge >= 0.3 is 0 Å².